The zero-order valence-electron chi connectivity index (χ0n) is 78.7. The van der Waals surface area contributed by atoms with Crippen molar-refractivity contribution in [2.24, 2.45) is 27.6 Å². The van der Waals surface area contributed by atoms with Gasteiger partial charge in [0.2, 0.25) is 0 Å². The summed E-state index contributed by atoms with van der Waals surface area (Å²) in [6, 6.07) is 22.6. The van der Waals surface area contributed by atoms with Crippen LogP contribution in [0.25, 0.3) is 44.7 Å². The van der Waals surface area contributed by atoms with Crippen LogP contribution in [0.2, 0.25) is 10.0 Å². The number of unbranched alkanes of at least 4 members (excludes halogenated alkanes) is 1. The quantitative estimate of drug-likeness (QED) is 0.0138. The first-order valence-electron chi connectivity index (χ1n) is 43.2. The molecule has 0 saturated heterocycles. The molecule has 13 rings (SSSR count). The van der Waals surface area contributed by atoms with Gasteiger partial charge in [-0.1, -0.05) is 193 Å². The molecule has 133 heavy (non-hydrogen) atoms. The fraction of sp³-hybridized carbons (Fsp3) is 0.381. The Morgan fingerprint density at radius 1 is 0.406 bits per heavy atom. The van der Waals surface area contributed by atoms with Crippen molar-refractivity contribution in [2.45, 2.75) is 207 Å². The Balaban J connectivity index is 0.000000186. The minimum atomic E-state index is -1.36. The van der Waals surface area contributed by atoms with Crippen LogP contribution in [0.15, 0.2) is 153 Å². The van der Waals surface area contributed by atoms with Crippen LogP contribution < -0.4 is 26.6 Å². The fourth-order valence-corrected chi connectivity index (χ4v) is 14.9. The molecule has 0 bridgehead atoms. The first kappa shape index (κ1) is 102. The van der Waals surface area contributed by atoms with Crippen molar-refractivity contribution in [2.75, 3.05) is 38.9 Å². The molecule has 5 unspecified atom stereocenters. The summed E-state index contributed by atoms with van der Waals surface area (Å²) in [5.74, 6) is -4.44. The third kappa shape index (κ3) is 25.3. The number of imidazole rings is 4. The standard InChI is InChI=1S/C29H38FN5O4S.C27H27ClN6O3.C21H25N5O2.C20H22ClN5O2/c1-7-9-10-19(8-2)14-39-22(36)15-40-28-23-26(31-16-32-28)35(17-33-23)24(25(37)29(4,5)6)27(38)34-21-12-11-18(3)13-20(21)30;1-15-6-9-18(10-7-15)32-25(36)17-8-11-19(28)20(12-17)33-26(37)22(23(35)27(3,4)5)34-14-31-21-16(2)29-13-30-24(21)34;1-12-7-8-13(2)15(9-12)25-20(28)17(18(27)21(4,5)6)26-11-24-16-14(3)22-10-23-19(16)26;1-11-6-7-14(13(21)8-11)25-19(28)16(17(27)20(3,4)5)26-10-24-15-12(2)22-9-23-18(15)26/h11-13,16-17,19,24H,7-10,14-15H2,1-6H3,(H,34,38);6-14,22H,1-5H3,(H,32,36)(H,33,37);7-11,17H,1-6H3,(H,25,28);6-10,16H,1-5H3,(H,25,28). The van der Waals surface area contributed by atoms with Gasteiger partial charge in [-0.25, -0.2) is 64.2 Å². The van der Waals surface area contributed by atoms with Crippen LogP contribution in [0.4, 0.5) is 32.8 Å². The summed E-state index contributed by atoms with van der Waals surface area (Å²) in [6.07, 6.45) is 15.3. The van der Waals surface area contributed by atoms with Crippen LogP contribution in [0.3, 0.4) is 0 Å². The molecule has 8 aromatic heterocycles. The molecule has 0 aliphatic carbocycles. The number of amides is 5. The van der Waals surface area contributed by atoms with E-state index in [4.69, 9.17) is 27.9 Å². The van der Waals surface area contributed by atoms with Crippen LogP contribution in [0.1, 0.15) is 202 Å². The summed E-state index contributed by atoms with van der Waals surface area (Å²) in [4.78, 5) is 183. The van der Waals surface area contributed by atoms with E-state index in [9.17, 15) is 52.3 Å². The van der Waals surface area contributed by atoms with Crippen LogP contribution in [-0.4, -0.2) is 149 Å². The molecule has 0 fully saturated rings. The third-order valence-corrected chi connectivity index (χ3v) is 23.2. The zero-order valence-corrected chi connectivity index (χ0v) is 81.0. The summed E-state index contributed by atoms with van der Waals surface area (Å²) in [5.41, 5.74) is 9.17. The van der Waals surface area contributed by atoms with Gasteiger partial charge < -0.3 is 31.3 Å². The number of ketones is 4. The van der Waals surface area contributed by atoms with Gasteiger partial charge in [0, 0.05) is 38.6 Å². The summed E-state index contributed by atoms with van der Waals surface area (Å²) in [7, 11) is 0. The number of thioether (sulfide) groups is 1. The second-order valence-electron chi connectivity index (χ2n) is 36.6. The number of hydrogen-bond donors (Lipinski definition) is 5. The highest BCUT2D eigenvalue weighted by Crippen LogP contribution is 2.37. The van der Waals surface area contributed by atoms with Crippen molar-refractivity contribution in [1.29, 1.82) is 0 Å². The van der Waals surface area contributed by atoms with Gasteiger partial charge in [0.25, 0.3) is 29.5 Å². The number of hydrogen-bond acceptors (Lipinski definition) is 24. The fourth-order valence-electron chi connectivity index (χ4n) is 13.7. The van der Waals surface area contributed by atoms with Gasteiger partial charge in [-0.05, 0) is 151 Å². The van der Waals surface area contributed by atoms with E-state index in [2.05, 4.69) is 100 Å². The summed E-state index contributed by atoms with van der Waals surface area (Å²) in [6.45, 7) is 40.5. The molecule has 5 N–H and O–H groups in total. The molecular formula is C97H112Cl2FN21O11S. The molecule has 698 valence electrons. The van der Waals surface area contributed by atoms with Crippen molar-refractivity contribution in [1.82, 2.24) is 78.1 Å². The van der Waals surface area contributed by atoms with Crippen molar-refractivity contribution >= 4 is 167 Å². The van der Waals surface area contributed by atoms with Gasteiger partial charge in [-0.15, -0.1) is 0 Å². The number of rotatable bonds is 27. The number of nitrogens with zero attached hydrogens (tertiary/aromatic N) is 16. The van der Waals surface area contributed by atoms with Gasteiger partial charge >= 0.3 is 5.97 Å². The topological polar surface area (TPSA) is 414 Å². The van der Waals surface area contributed by atoms with E-state index in [1.54, 1.807) is 140 Å². The van der Waals surface area contributed by atoms with Crippen LogP contribution in [0, 0.1) is 88.8 Å². The molecule has 0 radical (unpaired) electrons. The number of ether oxygens (including phenoxy) is 1. The van der Waals surface area contributed by atoms with E-state index in [0.717, 1.165) is 59.7 Å². The smallest absolute Gasteiger partial charge is 0.316 e. The maximum absolute atomic E-state index is 14.5. The van der Waals surface area contributed by atoms with E-state index < -0.39 is 81.1 Å². The molecule has 0 aliphatic heterocycles. The van der Waals surface area contributed by atoms with Gasteiger partial charge in [0.15, 0.2) is 69.9 Å². The number of carbonyl (C=O) groups excluding carboxylic acids is 10. The summed E-state index contributed by atoms with van der Waals surface area (Å²) >= 11 is 13.8. The molecule has 13 aromatic rings. The van der Waals surface area contributed by atoms with E-state index >= 15 is 0 Å². The second kappa shape index (κ2) is 43.4. The maximum Gasteiger partial charge on any atom is 0.316 e. The zero-order chi connectivity index (χ0) is 97.6. The number of fused-ring (bicyclic) bond motifs is 4. The number of Topliss-reactive ketones (excluding diaryl/α,β-unsaturated/α-hetero) is 4. The molecule has 0 saturated carbocycles. The van der Waals surface area contributed by atoms with Crippen molar-refractivity contribution in [3.63, 3.8) is 0 Å². The second-order valence-corrected chi connectivity index (χ2v) is 38.3. The maximum atomic E-state index is 14.5. The molecular weight excluding hydrogens is 1760 g/mol. The Morgan fingerprint density at radius 2 is 0.789 bits per heavy atom. The highest BCUT2D eigenvalue weighted by atomic mass is 35.5. The predicted molar refractivity (Wildman–Crippen MR) is 513 cm³/mol. The molecule has 32 nitrogen and oxygen atoms in total. The number of nitrogens with one attached hydrogen (secondary N) is 5. The summed E-state index contributed by atoms with van der Waals surface area (Å²) < 4.78 is 25.8. The lowest BCUT2D eigenvalue weighted by molar-refractivity contribution is -0.142. The Labute approximate surface area is 784 Å². The molecule has 0 aliphatic rings. The number of carbonyl (C=O) groups is 10. The van der Waals surface area contributed by atoms with Crippen LogP contribution >= 0.6 is 35.0 Å². The first-order valence-corrected chi connectivity index (χ1v) is 44.9. The Hall–Kier alpha value is -13.3. The molecule has 5 aromatic carbocycles. The normalized spacial score (nSPS) is 12.8. The average Bonchev–Trinajstić information content (AvgIpc) is 1.67. The van der Waals surface area contributed by atoms with Gasteiger partial charge in [-0.2, -0.15) is 0 Å². The molecule has 8 heterocycles. The Bertz CT molecular complexity index is 6540. The number of aryl methyl sites for hydroxylation is 8. The lowest BCUT2D eigenvalue weighted by Crippen LogP contribution is -2.38. The number of esters is 1. The molecule has 36 heteroatoms. The van der Waals surface area contributed by atoms with Crippen molar-refractivity contribution in [3.8, 4) is 0 Å². The van der Waals surface area contributed by atoms with E-state index in [1.165, 1.54) is 93.2 Å². The van der Waals surface area contributed by atoms with Gasteiger partial charge in [0.05, 0.1) is 81.9 Å². The SMILES string of the molecule is CCCCC(CC)COC(=O)CSc1ncnc2c1ncn2C(C(=O)Nc1ccc(C)cc1F)C(=O)C(C)(C)C.Cc1ccc(C)c(NC(=O)C(C(=O)C(C)(C)C)n2cnc3c(C)ncnc32)c1.Cc1ccc(NC(=O)C(C(=O)C(C)(C)C)n2cnc3c(C)ncnc32)c(Cl)c1.Cc1ccc(NC(=O)c2ccc(Cl)c(NC(=O)C(C(=O)C(C)(C)C)n3cnc4c(C)ncnc43)c2)cc1. The first-order chi connectivity index (χ1) is 62.6. The highest BCUT2D eigenvalue weighted by molar-refractivity contribution is 8.00. The average molecular weight is 1870 g/mol. The van der Waals surface area contributed by atoms with Crippen LogP contribution in [-0.2, 0) is 47.9 Å². The number of anilines is 5. The third-order valence-electron chi connectivity index (χ3n) is 21.6. The molecule has 5 atom stereocenters. The number of aromatic nitrogens is 16. The van der Waals surface area contributed by atoms with Gasteiger partial charge in [-0.3, -0.25) is 66.2 Å². The van der Waals surface area contributed by atoms with Gasteiger partial charge in [0.1, 0.15) is 58.2 Å². The predicted octanol–water partition coefficient (Wildman–Crippen LogP) is 18.5. The van der Waals surface area contributed by atoms with E-state index in [0.29, 0.717) is 101 Å². The minimum Gasteiger partial charge on any atom is -0.465 e. The minimum absolute atomic E-state index is 0.0285. The largest absolute Gasteiger partial charge is 0.465 e. The number of halogens is 3. The lowest BCUT2D eigenvalue weighted by atomic mass is 9.86. The van der Waals surface area contributed by atoms with E-state index in [1.807, 2.05) is 71.0 Å². The Kier molecular flexibility index (Phi) is 33.2. The van der Waals surface area contributed by atoms with Crippen molar-refractivity contribution < 1.29 is 57.1 Å². The van der Waals surface area contributed by atoms with Crippen molar-refractivity contribution in [3.05, 3.63) is 214 Å². The molecule has 0 spiro atoms. The lowest BCUT2D eigenvalue weighted by Gasteiger charge is -2.25. The van der Waals surface area contributed by atoms with Crippen LogP contribution in [0.5, 0.6) is 0 Å². The monoisotopic (exact) mass is 1870 g/mol. The molecule has 5 amide bonds. The summed E-state index contributed by atoms with van der Waals surface area (Å²) in [5, 5.41) is 14.8. The number of benzene rings is 5. The Morgan fingerprint density at radius 3 is 1.22 bits per heavy atom. The van der Waals surface area contributed by atoms with E-state index in [-0.39, 0.29) is 62.6 Å². The highest BCUT2D eigenvalue weighted by Gasteiger charge is 2.43.